The Hall–Kier alpha value is -6.66. The lowest BCUT2D eigenvalue weighted by Gasteiger charge is -2.33. The normalized spacial score (nSPS) is 12.8. The van der Waals surface area contributed by atoms with Crippen molar-refractivity contribution in [3.05, 3.63) is 230 Å². The molecule has 1 aliphatic carbocycles. The van der Waals surface area contributed by atoms with Gasteiger partial charge in [0.2, 0.25) is 0 Å². The van der Waals surface area contributed by atoms with E-state index in [-0.39, 0.29) is 16.2 Å². The molecule has 10 aromatic rings. The van der Waals surface area contributed by atoms with Gasteiger partial charge < -0.3 is 14.4 Å². The molecule has 5 heteroatoms. The molecule has 0 bridgehead atoms. The summed E-state index contributed by atoms with van der Waals surface area (Å²) in [6.07, 6.45) is 29.4. The summed E-state index contributed by atoms with van der Waals surface area (Å²) in [7, 11) is 0. The van der Waals surface area contributed by atoms with Crippen molar-refractivity contribution < 1.29 is 0 Å². The maximum Gasteiger partial charge on any atom is 0.0547 e. The summed E-state index contributed by atoms with van der Waals surface area (Å²) < 4.78 is 4.90. The van der Waals surface area contributed by atoms with Crippen molar-refractivity contribution in [2.24, 2.45) is 0 Å². The zero-order valence-corrected chi connectivity index (χ0v) is 63.1. The summed E-state index contributed by atoms with van der Waals surface area (Å²) in [5, 5.41) is 2.73. The lowest BCUT2D eigenvalue weighted by molar-refractivity contribution is 0.398. The van der Waals surface area contributed by atoms with Gasteiger partial charge in [-0.25, -0.2) is 0 Å². The van der Waals surface area contributed by atoms with Crippen LogP contribution in [0.15, 0.2) is 197 Å². The van der Waals surface area contributed by atoms with Gasteiger partial charge in [0.15, 0.2) is 0 Å². The van der Waals surface area contributed by atoms with Gasteiger partial charge in [0.1, 0.15) is 0 Å². The molecule has 0 saturated carbocycles. The highest BCUT2D eigenvalue weighted by atomic mass is 79.9. The molecule has 3 nitrogen and oxygen atoms in total. The molecule has 0 aliphatic heterocycles. The van der Waals surface area contributed by atoms with Gasteiger partial charge in [-0.05, 0) is 226 Å². The van der Waals surface area contributed by atoms with Crippen LogP contribution in [0.25, 0.3) is 49.7 Å². The van der Waals surface area contributed by atoms with Crippen molar-refractivity contribution in [1.29, 1.82) is 0 Å². The zero-order chi connectivity index (χ0) is 67.4. The van der Waals surface area contributed by atoms with Crippen molar-refractivity contribution in [2.45, 2.75) is 240 Å². The van der Waals surface area contributed by atoms with Gasteiger partial charge in [0.05, 0.1) is 11.0 Å². The van der Waals surface area contributed by atoms with Crippen LogP contribution >= 0.6 is 31.9 Å². The lowest BCUT2D eigenvalue weighted by Crippen LogP contribution is -2.25. The third-order valence-corrected chi connectivity index (χ3v) is 22.1. The fourth-order valence-corrected chi connectivity index (χ4v) is 16.0. The number of fused-ring (bicyclic) bond motifs is 6. The van der Waals surface area contributed by atoms with Crippen LogP contribution < -0.4 is 9.80 Å². The zero-order valence-electron chi connectivity index (χ0n) is 60.0. The summed E-state index contributed by atoms with van der Waals surface area (Å²) in [6.45, 7) is 23.2. The predicted octanol–water partition coefficient (Wildman–Crippen LogP) is 29.5. The Balaban J connectivity index is 1.10. The third kappa shape index (κ3) is 16.1. The molecule has 0 radical (unpaired) electrons. The standard InChI is InChI=1S/C91H109Br2N3/c1-11-15-19-23-25-31-59-91(60-32-26-24-20-16-12-2)83-61-67(66-37-48-74(49-38-66)94(76-54-44-72(92)45-55-76)75-50-40-70(41-51-75)89(5,6)7)39-58-79(83)81-65-88-82(64-84(81)91)80-35-29-30-36-85(80)96(88)87-63-68(33-27-21-17-13-3)86(62-69(87)34-28-22-18-14-4)95(78-56-46-73(93)47-57-78)77-52-42-71(43-53-77)90(8,9)10/h29-30,35-58,61-65H,11-28,31-34,59-60H2,1-10H3. The second-order valence-electron chi connectivity index (χ2n) is 30.1. The van der Waals surface area contributed by atoms with E-state index < -0.39 is 0 Å². The van der Waals surface area contributed by atoms with Gasteiger partial charge in [-0.15, -0.1) is 0 Å². The van der Waals surface area contributed by atoms with E-state index in [0.717, 1.165) is 64.5 Å². The van der Waals surface area contributed by atoms with E-state index in [4.69, 9.17) is 0 Å². The van der Waals surface area contributed by atoms with Gasteiger partial charge in [-0.2, -0.15) is 0 Å². The Morgan fingerprint density at radius 2 is 0.781 bits per heavy atom. The highest BCUT2D eigenvalue weighted by Crippen LogP contribution is 2.57. The number of benzene rings is 9. The molecule has 1 aromatic heterocycles. The molecule has 0 saturated heterocycles. The summed E-state index contributed by atoms with van der Waals surface area (Å²) in [4.78, 5) is 4.97. The number of unbranched alkanes of at least 4 members (excludes halogenated alkanes) is 16. The minimum absolute atomic E-state index is 0.0499. The second kappa shape index (κ2) is 32.3. The lowest BCUT2D eigenvalue weighted by atomic mass is 9.70. The Labute approximate surface area is 595 Å². The molecule has 0 fully saturated rings. The van der Waals surface area contributed by atoms with Crippen LogP contribution in [0, 0.1) is 0 Å². The molecule has 0 amide bonds. The van der Waals surface area contributed by atoms with E-state index in [1.807, 2.05) is 0 Å². The van der Waals surface area contributed by atoms with E-state index in [9.17, 15) is 0 Å². The number of aromatic nitrogens is 1. The molecule has 11 rings (SSSR count). The average Bonchev–Trinajstić information content (AvgIpc) is 1.54. The summed E-state index contributed by atoms with van der Waals surface area (Å²) in [5.41, 5.74) is 25.1. The molecule has 96 heavy (non-hydrogen) atoms. The van der Waals surface area contributed by atoms with E-state index in [1.165, 1.54) is 205 Å². The maximum absolute atomic E-state index is 3.82. The molecule has 502 valence electrons. The van der Waals surface area contributed by atoms with E-state index in [1.54, 1.807) is 11.1 Å². The number of halogens is 2. The van der Waals surface area contributed by atoms with Crippen LogP contribution in [0.2, 0.25) is 0 Å². The number of anilines is 6. The molecule has 0 spiro atoms. The van der Waals surface area contributed by atoms with Crippen LogP contribution in [0.4, 0.5) is 34.1 Å². The van der Waals surface area contributed by atoms with Gasteiger partial charge >= 0.3 is 0 Å². The van der Waals surface area contributed by atoms with Crippen LogP contribution in [-0.4, -0.2) is 4.57 Å². The van der Waals surface area contributed by atoms with E-state index in [2.05, 4.69) is 304 Å². The molecule has 9 aromatic carbocycles. The molecular weight excluding hydrogens is 1290 g/mol. The first-order valence-corrected chi connectivity index (χ1v) is 39.0. The first-order valence-electron chi connectivity index (χ1n) is 37.4. The Morgan fingerprint density at radius 3 is 1.29 bits per heavy atom. The number of aryl methyl sites for hydroxylation is 2. The quantitative estimate of drug-likeness (QED) is 0.0389. The fraction of sp³-hybridized carbons (Fsp3) is 0.407. The fourth-order valence-electron chi connectivity index (χ4n) is 15.5. The van der Waals surface area contributed by atoms with Crippen molar-refractivity contribution in [3.63, 3.8) is 0 Å². The number of hydrogen-bond donors (Lipinski definition) is 0. The van der Waals surface area contributed by atoms with Gasteiger partial charge in [-0.1, -0.05) is 283 Å². The van der Waals surface area contributed by atoms with Crippen molar-refractivity contribution >= 4 is 87.8 Å². The van der Waals surface area contributed by atoms with Crippen LogP contribution in [-0.2, 0) is 29.1 Å². The first kappa shape index (κ1) is 70.7. The highest BCUT2D eigenvalue weighted by molar-refractivity contribution is 9.10. The minimum Gasteiger partial charge on any atom is -0.311 e. The maximum atomic E-state index is 3.82. The third-order valence-electron chi connectivity index (χ3n) is 21.0. The number of para-hydroxylation sites is 1. The first-order chi connectivity index (χ1) is 46.5. The van der Waals surface area contributed by atoms with Crippen LogP contribution in [0.1, 0.15) is 244 Å². The summed E-state index contributed by atoms with van der Waals surface area (Å²) in [6, 6.07) is 73.7. The highest BCUT2D eigenvalue weighted by Gasteiger charge is 2.43. The monoisotopic (exact) mass is 1400 g/mol. The average molecular weight is 1400 g/mol. The second-order valence-corrected chi connectivity index (χ2v) is 32.0. The Bertz CT molecular complexity index is 4120. The predicted molar refractivity (Wildman–Crippen MR) is 426 cm³/mol. The van der Waals surface area contributed by atoms with E-state index in [0.29, 0.717) is 0 Å². The van der Waals surface area contributed by atoms with Gasteiger partial charge in [0.25, 0.3) is 0 Å². The Kier molecular flexibility index (Phi) is 23.8. The Morgan fingerprint density at radius 1 is 0.354 bits per heavy atom. The largest absolute Gasteiger partial charge is 0.311 e. The number of nitrogens with zero attached hydrogens (tertiary/aromatic N) is 3. The smallest absolute Gasteiger partial charge is 0.0547 e. The topological polar surface area (TPSA) is 11.4 Å². The van der Waals surface area contributed by atoms with Gasteiger partial charge in [0, 0.05) is 64.9 Å². The van der Waals surface area contributed by atoms with Gasteiger partial charge in [-0.3, -0.25) is 0 Å². The molecule has 0 N–H and O–H groups in total. The molecule has 0 unspecified atom stereocenters. The van der Waals surface area contributed by atoms with Crippen molar-refractivity contribution in [1.82, 2.24) is 4.57 Å². The van der Waals surface area contributed by atoms with Crippen LogP contribution in [0.5, 0.6) is 0 Å². The summed E-state index contributed by atoms with van der Waals surface area (Å²) >= 11 is 7.54. The molecular formula is C91H109Br2N3. The number of hydrogen-bond acceptors (Lipinski definition) is 2. The molecule has 1 heterocycles. The van der Waals surface area contributed by atoms with Crippen molar-refractivity contribution in [3.8, 4) is 27.9 Å². The van der Waals surface area contributed by atoms with Crippen LogP contribution in [0.3, 0.4) is 0 Å². The molecule has 1 aliphatic rings. The summed E-state index contributed by atoms with van der Waals surface area (Å²) in [5.74, 6) is 0. The molecule has 0 atom stereocenters. The van der Waals surface area contributed by atoms with E-state index >= 15 is 0 Å². The number of rotatable bonds is 32. The minimum atomic E-state index is -0.121. The van der Waals surface area contributed by atoms with Crippen molar-refractivity contribution in [2.75, 3.05) is 9.80 Å². The SMILES string of the molecule is CCCCCCCCC1(CCCCCCCC)c2cc(-c3ccc(N(c4ccc(Br)cc4)c4ccc(C(C)(C)C)cc4)cc3)ccc2-c2cc3c(cc21)c1ccccc1n3-c1cc(CCCCCC)c(N(c2ccc(Br)cc2)c2ccc(C(C)(C)C)cc2)cc1CCCCCC.